The zero-order valence-corrected chi connectivity index (χ0v) is 20.8. The number of piperidine rings is 1. The fraction of sp³-hybridized carbons (Fsp3) is 0.682. The maximum Gasteiger partial charge on any atom is 0.191 e. The van der Waals surface area contributed by atoms with Crippen LogP contribution in [0, 0.1) is 11.7 Å². The van der Waals surface area contributed by atoms with Gasteiger partial charge >= 0.3 is 0 Å². The molecule has 172 valence electrons. The second-order valence-electron chi connectivity index (χ2n) is 8.13. The molecule has 1 atom stereocenters. The van der Waals surface area contributed by atoms with E-state index in [1.807, 2.05) is 19.1 Å². The summed E-state index contributed by atoms with van der Waals surface area (Å²) in [5, 5.41) is 16.8. The molecule has 1 heterocycles. The fourth-order valence-corrected chi connectivity index (χ4v) is 3.29. The molecule has 2 rings (SSSR count). The quantitative estimate of drug-likeness (QED) is 0.244. The van der Waals surface area contributed by atoms with Crippen LogP contribution < -0.4 is 10.6 Å². The Balaban J connectivity index is 0.00000450. The summed E-state index contributed by atoms with van der Waals surface area (Å²) in [7, 11) is 0. The van der Waals surface area contributed by atoms with Crippen LogP contribution in [0.15, 0.2) is 29.3 Å². The number of nitrogens with one attached hydrogen (secondary N) is 2. The van der Waals surface area contributed by atoms with Crippen molar-refractivity contribution in [1.29, 1.82) is 0 Å². The van der Waals surface area contributed by atoms with Crippen LogP contribution in [0.4, 0.5) is 4.39 Å². The smallest absolute Gasteiger partial charge is 0.191 e. The van der Waals surface area contributed by atoms with Gasteiger partial charge in [0.15, 0.2) is 5.96 Å². The number of hydrogen-bond acceptors (Lipinski definition) is 4. The summed E-state index contributed by atoms with van der Waals surface area (Å²) in [5.74, 6) is 1.01. The lowest BCUT2D eigenvalue weighted by molar-refractivity contribution is 0.0301. The standard InChI is InChI=1S/C22H37FN4O2.HI/c1-4-24-22(25-13-21(28)16-29-15-17(2)3)26-20-9-11-27(12-10-20)14-18-5-7-19(23)8-6-18;/h5-8,17,20-21,28H,4,9-16H2,1-3H3,(H2,24,25,26);1H. The third kappa shape index (κ3) is 10.9. The van der Waals surface area contributed by atoms with E-state index in [9.17, 15) is 9.50 Å². The van der Waals surface area contributed by atoms with Crippen LogP contribution in [-0.4, -0.2) is 67.5 Å². The molecule has 1 saturated heterocycles. The molecule has 0 saturated carbocycles. The molecule has 6 nitrogen and oxygen atoms in total. The number of nitrogens with zero attached hydrogens (tertiary/aromatic N) is 2. The minimum Gasteiger partial charge on any atom is -0.389 e. The predicted octanol–water partition coefficient (Wildman–Crippen LogP) is 3.00. The van der Waals surface area contributed by atoms with Crippen molar-refractivity contribution in [3.63, 3.8) is 0 Å². The highest BCUT2D eigenvalue weighted by Crippen LogP contribution is 2.14. The van der Waals surface area contributed by atoms with Gasteiger partial charge in [0.1, 0.15) is 5.82 Å². The molecule has 1 aliphatic rings. The van der Waals surface area contributed by atoms with E-state index in [0.29, 0.717) is 31.7 Å². The normalized spacial score (nSPS) is 16.9. The molecular weight excluding hydrogens is 498 g/mol. The van der Waals surface area contributed by atoms with Gasteiger partial charge in [-0.1, -0.05) is 26.0 Å². The van der Waals surface area contributed by atoms with Crippen LogP contribution in [0.3, 0.4) is 0 Å². The molecule has 8 heteroatoms. The summed E-state index contributed by atoms with van der Waals surface area (Å²) in [6.07, 6.45) is 1.44. The number of ether oxygens (including phenoxy) is 1. The third-order valence-electron chi connectivity index (χ3n) is 4.81. The Morgan fingerprint density at radius 3 is 2.50 bits per heavy atom. The lowest BCUT2D eigenvalue weighted by Gasteiger charge is -2.33. The number of rotatable bonds is 10. The number of likely N-dealkylation sites (tertiary alicyclic amines) is 1. The highest BCUT2D eigenvalue weighted by atomic mass is 127. The first-order valence-electron chi connectivity index (χ1n) is 10.7. The van der Waals surface area contributed by atoms with Crippen LogP contribution in [0.25, 0.3) is 0 Å². The molecule has 0 aromatic heterocycles. The Morgan fingerprint density at radius 1 is 1.23 bits per heavy atom. The van der Waals surface area contributed by atoms with E-state index < -0.39 is 6.10 Å². The molecule has 1 fully saturated rings. The average molecular weight is 536 g/mol. The summed E-state index contributed by atoms with van der Waals surface area (Å²) in [6.45, 7) is 11.1. The zero-order chi connectivity index (χ0) is 21.1. The first-order chi connectivity index (χ1) is 14.0. The van der Waals surface area contributed by atoms with Crippen molar-refractivity contribution in [2.75, 3.05) is 39.4 Å². The zero-order valence-electron chi connectivity index (χ0n) is 18.4. The van der Waals surface area contributed by atoms with E-state index in [4.69, 9.17) is 4.74 Å². The Kier molecular flexibility index (Phi) is 13.5. The lowest BCUT2D eigenvalue weighted by Crippen LogP contribution is -2.48. The monoisotopic (exact) mass is 536 g/mol. The first-order valence-corrected chi connectivity index (χ1v) is 10.7. The van der Waals surface area contributed by atoms with E-state index in [1.54, 1.807) is 0 Å². The molecule has 0 bridgehead atoms. The molecule has 1 aliphatic heterocycles. The van der Waals surface area contributed by atoms with Crippen molar-refractivity contribution < 1.29 is 14.2 Å². The average Bonchev–Trinajstić information content (AvgIpc) is 2.69. The van der Waals surface area contributed by atoms with Gasteiger partial charge in [-0.25, -0.2) is 4.39 Å². The summed E-state index contributed by atoms with van der Waals surface area (Å²) in [5.41, 5.74) is 1.14. The minimum atomic E-state index is -0.596. The summed E-state index contributed by atoms with van der Waals surface area (Å²) in [6, 6.07) is 7.10. The van der Waals surface area contributed by atoms with Crippen molar-refractivity contribution in [2.24, 2.45) is 10.9 Å². The van der Waals surface area contributed by atoms with Gasteiger partial charge in [0.25, 0.3) is 0 Å². The number of guanidine groups is 1. The molecule has 0 radical (unpaired) electrons. The largest absolute Gasteiger partial charge is 0.389 e. The molecule has 1 aromatic rings. The molecule has 0 aliphatic carbocycles. The Morgan fingerprint density at radius 2 is 1.90 bits per heavy atom. The highest BCUT2D eigenvalue weighted by molar-refractivity contribution is 14.0. The van der Waals surface area contributed by atoms with Crippen LogP contribution in [0.1, 0.15) is 39.2 Å². The minimum absolute atomic E-state index is 0. The predicted molar refractivity (Wildman–Crippen MR) is 131 cm³/mol. The van der Waals surface area contributed by atoms with Gasteiger partial charge in [0, 0.05) is 38.8 Å². The number of hydrogen-bond donors (Lipinski definition) is 3. The van der Waals surface area contributed by atoms with Gasteiger partial charge in [-0.2, -0.15) is 0 Å². The van der Waals surface area contributed by atoms with E-state index >= 15 is 0 Å². The van der Waals surface area contributed by atoms with Gasteiger partial charge in [0.05, 0.1) is 19.3 Å². The van der Waals surface area contributed by atoms with Crippen molar-refractivity contribution in [3.8, 4) is 0 Å². The number of benzene rings is 1. The molecule has 1 unspecified atom stereocenters. The summed E-state index contributed by atoms with van der Waals surface area (Å²) in [4.78, 5) is 6.91. The van der Waals surface area contributed by atoms with Crippen molar-refractivity contribution in [1.82, 2.24) is 15.5 Å². The number of aliphatic imine (C=N–C) groups is 1. The summed E-state index contributed by atoms with van der Waals surface area (Å²) < 4.78 is 18.5. The van der Waals surface area contributed by atoms with Crippen molar-refractivity contribution >= 4 is 29.9 Å². The van der Waals surface area contributed by atoms with Crippen LogP contribution in [-0.2, 0) is 11.3 Å². The molecule has 0 spiro atoms. The van der Waals surface area contributed by atoms with Crippen molar-refractivity contribution in [3.05, 3.63) is 35.6 Å². The molecule has 0 amide bonds. The van der Waals surface area contributed by atoms with E-state index in [-0.39, 0.29) is 29.8 Å². The van der Waals surface area contributed by atoms with Gasteiger partial charge in [-0.05, 0) is 43.4 Å². The molecule has 3 N–H and O–H groups in total. The first kappa shape index (κ1) is 27.1. The second-order valence-corrected chi connectivity index (χ2v) is 8.13. The molecule has 1 aromatic carbocycles. The number of aliphatic hydroxyl groups excluding tert-OH is 1. The SMILES string of the molecule is CCNC(=NCC(O)COCC(C)C)NC1CCN(Cc2ccc(F)cc2)CC1.I. The Bertz CT molecular complexity index is 608. The molecular formula is C22H38FIN4O2. The Labute approximate surface area is 197 Å². The highest BCUT2D eigenvalue weighted by Gasteiger charge is 2.20. The third-order valence-corrected chi connectivity index (χ3v) is 4.81. The maximum atomic E-state index is 13.0. The Hall–Kier alpha value is -0.970. The molecule has 30 heavy (non-hydrogen) atoms. The number of aliphatic hydroxyl groups is 1. The van der Waals surface area contributed by atoms with Crippen LogP contribution in [0.2, 0.25) is 0 Å². The van der Waals surface area contributed by atoms with Gasteiger partial charge in [0.2, 0.25) is 0 Å². The van der Waals surface area contributed by atoms with Crippen molar-refractivity contribution in [2.45, 2.75) is 52.3 Å². The fourth-order valence-electron chi connectivity index (χ4n) is 3.29. The maximum absolute atomic E-state index is 13.0. The van der Waals surface area contributed by atoms with Gasteiger partial charge in [-0.15, -0.1) is 24.0 Å². The number of halogens is 2. The van der Waals surface area contributed by atoms with E-state index in [0.717, 1.165) is 50.5 Å². The lowest BCUT2D eigenvalue weighted by atomic mass is 10.0. The van der Waals surface area contributed by atoms with E-state index in [2.05, 4.69) is 34.4 Å². The van der Waals surface area contributed by atoms with Gasteiger partial charge in [-0.3, -0.25) is 9.89 Å². The topological polar surface area (TPSA) is 69.1 Å². The van der Waals surface area contributed by atoms with Crippen LogP contribution in [0.5, 0.6) is 0 Å². The van der Waals surface area contributed by atoms with Crippen LogP contribution >= 0.6 is 24.0 Å². The van der Waals surface area contributed by atoms with E-state index in [1.165, 1.54) is 12.1 Å². The summed E-state index contributed by atoms with van der Waals surface area (Å²) >= 11 is 0. The second kappa shape index (κ2) is 14.9. The van der Waals surface area contributed by atoms with Gasteiger partial charge < -0.3 is 20.5 Å².